The van der Waals surface area contributed by atoms with Gasteiger partial charge in [-0.1, -0.05) is 71.7 Å². The summed E-state index contributed by atoms with van der Waals surface area (Å²) >= 11 is 0. The predicted molar refractivity (Wildman–Crippen MR) is 152 cm³/mol. The molecule has 4 fully saturated rings. The number of piperidine rings is 1. The second kappa shape index (κ2) is 8.96. The van der Waals surface area contributed by atoms with Gasteiger partial charge < -0.3 is 10.6 Å². The summed E-state index contributed by atoms with van der Waals surface area (Å²) in [6, 6.07) is 9.11. The van der Waals surface area contributed by atoms with Crippen LogP contribution in [0.5, 0.6) is 0 Å². The molecule has 6 rings (SSSR count). The predicted octanol–water partition coefficient (Wildman–Crippen LogP) is 6.78. The average Bonchev–Trinajstić information content (AvgIpc) is 3.49. The minimum Gasteiger partial charge on any atom is -0.387 e. The van der Waals surface area contributed by atoms with Crippen molar-refractivity contribution >= 4 is 11.7 Å². The van der Waals surface area contributed by atoms with Crippen LogP contribution < -0.4 is 10.6 Å². The van der Waals surface area contributed by atoms with E-state index in [0.29, 0.717) is 30.1 Å². The topological polar surface area (TPSA) is 58.2 Å². The van der Waals surface area contributed by atoms with Gasteiger partial charge in [0.25, 0.3) is 0 Å². The summed E-state index contributed by atoms with van der Waals surface area (Å²) in [5.41, 5.74) is 3.89. The lowest BCUT2D eigenvalue weighted by atomic mass is 9.50. The Labute approximate surface area is 229 Å². The van der Waals surface area contributed by atoms with Crippen molar-refractivity contribution in [1.82, 2.24) is 10.6 Å². The van der Waals surface area contributed by atoms with Gasteiger partial charge in [-0.3, -0.25) is 9.59 Å². The molecule has 5 aliphatic rings. The number of ketones is 1. The summed E-state index contributed by atoms with van der Waals surface area (Å²) in [6.45, 7) is 12.6. The lowest BCUT2D eigenvalue weighted by Crippen LogP contribution is -2.57. The van der Waals surface area contributed by atoms with Crippen LogP contribution in [0.4, 0.5) is 0 Å². The van der Waals surface area contributed by atoms with E-state index < -0.39 is 0 Å². The molecule has 4 aliphatic carbocycles. The Hall–Kier alpha value is -2.10. The van der Waals surface area contributed by atoms with E-state index in [-0.39, 0.29) is 33.5 Å². The van der Waals surface area contributed by atoms with E-state index in [2.05, 4.69) is 69.5 Å². The maximum absolute atomic E-state index is 14.2. The van der Waals surface area contributed by atoms with E-state index in [9.17, 15) is 9.59 Å². The first-order valence-electron chi connectivity index (χ1n) is 15.4. The Kier molecular flexibility index (Phi) is 6.16. The SMILES string of the molecule is CC(C)(C)c1ccc(C2(NC(=O)[C@H]3CC[C@H]4[C@@H]5CNC6=CC(=O)CC[C@]6(C)[C@H]5CC[C@]34C)CCCC2)cc1. The van der Waals surface area contributed by atoms with Crippen LogP contribution >= 0.6 is 0 Å². The number of fused-ring (bicyclic) bond motifs is 5. The van der Waals surface area contributed by atoms with Gasteiger partial charge in [0, 0.05) is 36.1 Å². The molecule has 0 bridgehead atoms. The number of rotatable bonds is 3. The number of amides is 1. The number of carbonyl (C=O) groups is 2. The van der Waals surface area contributed by atoms with Crippen molar-refractivity contribution in [2.24, 2.45) is 34.5 Å². The van der Waals surface area contributed by atoms with E-state index in [1.54, 1.807) is 0 Å². The fraction of sp³-hybridized carbons (Fsp3) is 0.706. The lowest BCUT2D eigenvalue weighted by molar-refractivity contribution is -0.134. The van der Waals surface area contributed by atoms with Crippen LogP contribution in [0.3, 0.4) is 0 Å². The maximum Gasteiger partial charge on any atom is 0.224 e. The number of hydrogen-bond acceptors (Lipinski definition) is 3. The molecule has 6 atom stereocenters. The van der Waals surface area contributed by atoms with Gasteiger partial charge in [-0.25, -0.2) is 0 Å². The second-order valence-electron chi connectivity index (χ2n) is 15.0. The quantitative estimate of drug-likeness (QED) is 0.465. The molecule has 1 amide bonds. The summed E-state index contributed by atoms with van der Waals surface area (Å²) in [5, 5.41) is 7.40. The van der Waals surface area contributed by atoms with Gasteiger partial charge in [0.15, 0.2) is 5.78 Å². The first-order valence-corrected chi connectivity index (χ1v) is 15.4. The molecule has 1 aromatic carbocycles. The summed E-state index contributed by atoms with van der Waals surface area (Å²) in [7, 11) is 0. The van der Waals surface area contributed by atoms with Crippen LogP contribution in [0.1, 0.15) is 110 Å². The molecule has 0 radical (unpaired) electrons. The van der Waals surface area contributed by atoms with Gasteiger partial charge in [0.05, 0.1) is 5.54 Å². The third-order valence-electron chi connectivity index (χ3n) is 12.0. The highest BCUT2D eigenvalue weighted by atomic mass is 16.2. The van der Waals surface area contributed by atoms with Crippen LogP contribution in [0.25, 0.3) is 0 Å². The normalized spacial score (nSPS) is 37.9. The zero-order valence-electron chi connectivity index (χ0n) is 24.3. The molecular formula is C34H48N2O2. The van der Waals surface area contributed by atoms with E-state index in [1.807, 2.05) is 6.08 Å². The number of hydrogen-bond donors (Lipinski definition) is 2. The summed E-state index contributed by atoms with van der Waals surface area (Å²) < 4.78 is 0. The third-order valence-corrected chi connectivity index (χ3v) is 12.0. The Morgan fingerprint density at radius 3 is 2.34 bits per heavy atom. The van der Waals surface area contributed by atoms with Crippen molar-refractivity contribution in [2.45, 2.75) is 110 Å². The molecule has 0 spiro atoms. The monoisotopic (exact) mass is 516 g/mol. The van der Waals surface area contributed by atoms with Crippen molar-refractivity contribution in [3.8, 4) is 0 Å². The fourth-order valence-electron chi connectivity index (χ4n) is 9.65. The van der Waals surface area contributed by atoms with Crippen molar-refractivity contribution in [1.29, 1.82) is 0 Å². The Balaban J connectivity index is 1.22. The summed E-state index contributed by atoms with van der Waals surface area (Å²) in [5.74, 6) is 2.45. The highest BCUT2D eigenvalue weighted by molar-refractivity contribution is 5.91. The van der Waals surface area contributed by atoms with Crippen molar-refractivity contribution < 1.29 is 9.59 Å². The van der Waals surface area contributed by atoms with Crippen LogP contribution in [-0.4, -0.2) is 18.2 Å². The van der Waals surface area contributed by atoms with E-state index >= 15 is 0 Å². The number of carbonyl (C=O) groups excluding carboxylic acids is 2. The molecule has 206 valence electrons. The molecule has 4 nitrogen and oxygen atoms in total. The molecule has 1 aliphatic heterocycles. The number of nitrogens with one attached hydrogen (secondary N) is 2. The molecule has 0 aromatic heterocycles. The summed E-state index contributed by atoms with van der Waals surface area (Å²) in [6.07, 6.45) is 12.4. The Morgan fingerprint density at radius 2 is 1.66 bits per heavy atom. The van der Waals surface area contributed by atoms with Crippen molar-refractivity contribution in [3.05, 3.63) is 47.2 Å². The van der Waals surface area contributed by atoms with Gasteiger partial charge in [0.2, 0.25) is 5.91 Å². The number of benzene rings is 1. The second-order valence-corrected chi connectivity index (χ2v) is 15.0. The molecule has 38 heavy (non-hydrogen) atoms. The standard InChI is InChI=1S/C34H48N2O2/c1-31(2,3)22-8-10-23(11-9-22)34(16-6-7-17-34)36-30(38)28-13-12-26-25-21-35-29-20-24(37)14-18-33(29,5)27(25)15-19-32(26,28)4/h8-11,20,25-28,35H,6-7,12-19,21H2,1-5H3,(H,36,38)/t25-,26-,27-,28+,32-,33+/m0/s1. The fourth-order valence-corrected chi connectivity index (χ4v) is 9.65. The van der Waals surface area contributed by atoms with Crippen LogP contribution in [0.2, 0.25) is 0 Å². The van der Waals surface area contributed by atoms with Gasteiger partial charge in [-0.2, -0.15) is 0 Å². The molecule has 0 unspecified atom stereocenters. The molecule has 2 N–H and O–H groups in total. The van der Waals surface area contributed by atoms with Crippen molar-refractivity contribution in [3.63, 3.8) is 0 Å². The van der Waals surface area contributed by atoms with Crippen LogP contribution in [0, 0.1) is 34.5 Å². The largest absolute Gasteiger partial charge is 0.387 e. The van der Waals surface area contributed by atoms with E-state index in [1.165, 1.54) is 36.1 Å². The minimum absolute atomic E-state index is 0.0604. The Morgan fingerprint density at radius 1 is 0.947 bits per heavy atom. The highest BCUT2D eigenvalue weighted by Gasteiger charge is 2.60. The van der Waals surface area contributed by atoms with Crippen LogP contribution in [-0.2, 0) is 20.5 Å². The average molecular weight is 517 g/mol. The van der Waals surface area contributed by atoms with Crippen molar-refractivity contribution in [2.75, 3.05) is 6.54 Å². The molecule has 3 saturated carbocycles. The first-order chi connectivity index (χ1) is 18.0. The van der Waals surface area contributed by atoms with Gasteiger partial charge >= 0.3 is 0 Å². The molecule has 1 saturated heterocycles. The molecular weight excluding hydrogens is 468 g/mol. The molecule has 4 heteroatoms. The molecule has 1 heterocycles. The zero-order chi connectivity index (χ0) is 26.9. The van der Waals surface area contributed by atoms with E-state index in [0.717, 1.165) is 45.1 Å². The minimum atomic E-state index is -0.215. The van der Waals surface area contributed by atoms with E-state index in [4.69, 9.17) is 0 Å². The first kappa shape index (κ1) is 26.1. The molecule has 1 aromatic rings. The maximum atomic E-state index is 14.2. The third kappa shape index (κ3) is 3.99. The van der Waals surface area contributed by atoms with Crippen LogP contribution in [0.15, 0.2) is 36.0 Å². The Bertz CT molecular complexity index is 1140. The lowest BCUT2D eigenvalue weighted by Gasteiger charge is -2.58. The smallest absolute Gasteiger partial charge is 0.224 e. The van der Waals surface area contributed by atoms with Gasteiger partial charge in [-0.05, 0) is 84.7 Å². The summed E-state index contributed by atoms with van der Waals surface area (Å²) in [4.78, 5) is 26.3. The van der Waals surface area contributed by atoms with Gasteiger partial charge in [0.1, 0.15) is 0 Å². The number of allylic oxidation sites excluding steroid dienone is 2. The zero-order valence-corrected chi connectivity index (χ0v) is 24.3. The highest BCUT2D eigenvalue weighted by Crippen LogP contribution is 2.64. The van der Waals surface area contributed by atoms with Gasteiger partial charge in [-0.15, -0.1) is 0 Å².